The molecule has 0 fully saturated rings. The number of benzene rings is 2. The third-order valence-electron chi connectivity index (χ3n) is 5.09. The quantitative estimate of drug-likeness (QED) is 0.342. The van der Waals surface area contributed by atoms with Gasteiger partial charge in [0.25, 0.3) is 5.89 Å². The van der Waals surface area contributed by atoms with E-state index in [0.29, 0.717) is 28.7 Å². The van der Waals surface area contributed by atoms with E-state index in [1.165, 1.54) is 6.26 Å². The first-order chi connectivity index (χ1) is 15.6. The van der Waals surface area contributed by atoms with Crippen molar-refractivity contribution in [2.24, 2.45) is 0 Å². The third-order valence-corrected chi connectivity index (χ3v) is 5.34. The molecule has 7 nitrogen and oxygen atoms in total. The van der Waals surface area contributed by atoms with Gasteiger partial charge in [0.15, 0.2) is 5.69 Å². The number of carbonyl (C=O) groups excluding carboxylic acids is 1. The Hall–Kier alpha value is -3.97. The number of hydrogen-bond acceptors (Lipinski definition) is 6. The Balaban J connectivity index is 1.56. The van der Waals surface area contributed by atoms with E-state index in [9.17, 15) is 4.79 Å². The normalized spacial score (nSPS) is 11.1. The summed E-state index contributed by atoms with van der Waals surface area (Å²) in [5.74, 6) is 0.910. The topological polar surface area (TPSA) is 83.0 Å². The highest BCUT2D eigenvalue weighted by atomic mass is 35.5. The molecule has 3 aromatic heterocycles. The highest BCUT2D eigenvalue weighted by Gasteiger charge is 2.21. The van der Waals surface area contributed by atoms with Crippen LogP contribution in [-0.2, 0) is 6.54 Å². The van der Waals surface area contributed by atoms with Crippen LogP contribution in [0.1, 0.15) is 21.6 Å². The maximum atomic E-state index is 13.4. The molecule has 158 valence electrons. The van der Waals surface area contributed by atoms with Gasteiger partial charge in [0.2, 0.25) is 11.6 Å². The molecule has 0 saturated heterocycles. The summed E-state index contributed by atoms with van der Waals surface area (Å²) >= 11 is 6.01. The number of methoxy groups -OCH3 is 1. The third kappa shape index (κ3) is 3.74. The number of aromatic nitrogens is 4. The second-order valence-electron chi connectivity index (χ2n) is 7.12. The van der Waals surface area contributed by atoms with Crippen LogP contribution in [0, 0.1) is 0 Å². The predicted molar refractivity (Wildman–Crippen MR) is 120 cm³/mol. The van der Waals surface area contributed by atoms with Crippen molar-refractivity contribution in [2.45, 2.75) is 6.54 Å². The molecule has 0 aliphatic rings. The summed E-state index contributed by atoms with van der Waals surface area (Å²) in [6, 6.07) is 15.0. The van der Waals surface area contributed by atoms with Crippen LogP contribution in [0.2, 0.25) is 5.02 Å². The van der Waals surface area contributed by atoms with Crippen LogP contribution >= 0.6 is 11.6 Å². The van der Waals surface area contributed by atoms with E-state index in [4.69, 9.17) is 20.8 Å². The highest BCUT2D eigenvalue weighted by molar-refractivity contribution is 6.30. The van der Waals surface area contributed by atoms with E-state index in [-0.39, 0.29) is 17.4 Å². The van der Waals surface area contributed by atoms with Crippen molar-refractivity contribution >= 4 is 28.3 Å². The molecule has 3 heterocycles. The number of carbonyl (C=O) groups is 1. The molecule has 0 radical (unpaired) electrons. The Morgan fingerprint density at radius 2 is 1.91 bits per heavy atom. The molecule has 0 amide bonds. The van der Waals surface area contributed by atoms with Crippen LogP contribution in [-0.4, -0.2) is 32.4 Å². The molecule has 0 atom stereocenters. The fraction of sp³-hybridized carbons (Fsp3) is 0.0833. The molecule has 8 heteroatoms. The molecule has 32 heavy (non-hydrogen) atoms. The summed E-state index contributed by atoms with van der Waals surface area (Å²) in [6.45, 7) is 0.579. The Morgan fingerprint density at radius 1 is 1.12 bits per heavy atom. The van der Waals surface area contributed by atoms with Crippen LogP contribution in [0.3, 0.4) is 0 Å². The Labute approximate surface area is 188 Å². The van der Waals surface area contributed by atoms with Gasteiger partial charge in [0.05, 0.1) is 7.11 Å². The lowest BCUT2D eigenvalue weighted by molar-refractivity contribution is 0.103. The first kappa shape index (κ1) is 20.0. The largest absolute Gasteiger partial charge is 0.497 e. The minimum Gasteiger partial charge on any atom is -0.497 e. The number of fused-ring (bicyclic) bond motifs is 1. The maximum absolute atomic E-state index is 13.4. The number of oxazole rings is 1. The van der Waals surface area contributed by atoms with Gasteiger partial charge in [0, 0.05) is 46.6 Å². The number of ketones is 1. The number of ether oxygens (including phenoxy) is 1. The molecule has 0 unspecified atom stereocenters. The fourth-order valence-electron chi connectivity index (χ4n) is 3.53. The lowest BCUT2D eigenvalue weighted by Gasteiger charge is -2.06. The molecule has 0 saturated carbocycles. The van der Waals surface area contributed by atoms with E-state index in [1.54, 1.807) is 25.6 Å². The monoisotopic (exact) mass is 444 g/mol. The van der Waals surface area contributed by atoms with Crippen molar-refractivity contribution in [3.05, 3.63) is 95.2 Å². The summed E-state index contributed by atoms with van der Waals surface area (Å²) in [7, 11) is 1.59. The average Bonchev–Trinajstić information content (AvgIpc) is 3.46. The van der Waals surface area contributed by atoms with E-state index < -0.39 is 0 Å². The smallest absolute Gasteiger partial charge is 0.265 e. The zero-order valence-corrected chi connectivity index (χ0v) is 17.8. The molecular formula is C24H17ClN4O3. The maximum Gasteiger partial charge on any atom is 0.265 e. The first-order valence-electron chi connectivity index (χ1n) is 9.81. The molecule has 0 aliphatic carbocycles. The van der Waals surface area contributed by atoms with Gasteiger partial charge in [-0.25, -0.2) is 15.0 Å². The zero-order valence-electron chi connectivity index (χ0n) is 17.0. The number of hydrogen-bond donors (Lipinski definition) is 0. The standard InChI is InChI=1S/C24H17ClN4O3/c1-31-17-7-8-21-18(11-17)19(13-29(21)12-15-3-5-16(25)6-4-15)22(30)20-14-32-24(28-20)23-26-9-2-10-27-23/h2-11,13-14H,12H2,1H3. The van der Waals surface area contributed by atoms with E-state index in [0.717, 1.165) is 16.5 Å². The van der Waals surface area contributed by atoms with Gasteiger partial charge >= 0.3 is 0 Å². The van der Waals surface area contributed by atoms with Crippen LogP contribution in [0.4, 0.5) is 0 Å². The van der Waals surface area contributed by atoms with Gasteiger partial charge < -0.3 is 13.7 Å². The Morgan fingerprint density at radius 3 is 2.66 bits per heavy atom. The second kappa shape index (κ2) is 8.28. The summed E-state index contributed by atoms with van der Waals surface area (Å²) in [5, 5.41) is 1.44. The summed E-state index contributed by atoms with van der Waals surface area (Å²) in [6.07, 6.45) is 6.33. The van der Waals surface area contributed by atoms with Crippen molar-refractivity contribution in [2.75, 3.05) is 7.11 Å². The summed E-state index contributed by atoms with van der Waals surface area (Å²) in [5.41, 5.74) is 2.65. The minimum absolute atomic E-state index is 0.181. The predicted octanol–water partition coefficient (Wildman–Crippen LogP) is 5.03. The van der Waals surface area contributed by atoms with Crippen LogP contribution < -0.4 is 4.74 Å². The molecule has 0 spiro atoms. The van der Waals surface area contributed by atoms with Crippen molar-refractivity contribution in [3.63, 3.8) is 0 Å². The van der Waals surface area contributed by atoms with Gasteiger partial charge in [-0.2, -0.15) is 0 Å². The SMILES string of the molecule is COc1ccc2c(c1)c(C(=O)c1coc(-c3ncccn3)n1)cn2Cc1ccc(Cl)cc1. The molecule has 0 N–H and O–H groups in total. The van der Waals surface area contributed by atoms with Gasteiger partial charge in [0.1, 0.15) is 12.0 Å². The molecule has 0 aliphatic heterocycles. The van der Waals surface area contributed by atoms with E-state index >= 15 is 0 Å². The molecule has 5 aromatic rings. The minimum atomic E-state index is -0.260. The lowest BCUT2D eigenvalue weighted by atomic mass is 10.1. The molecular weight excluding hydrogens is 428 g/mol. The molecule has 2 aromatic carbocycles. The highest BCUT2D eigenvalue weighted by Crippen LogP contribution is 2.29. The van der Waals surface area contributed by atoms with E-state index in [2.05, 4.69) is 15.0 Å². The van der Waals surface area contributed by atoms with Gasteiger partial charge in [-0.05, 0) is 42.0 Å². The van der Waals surface area contributed by atoms with Crippen LogP contribution in [0.15, 0.2) is 77.8 Å². The fourth-order valence-corrected chi connectivity index (χ4v) is 3.66. The van der Waals surface area contributed by atoms with Crippen molar-refractivity contribution in [1.82, 2.24) is 19.5 Å². The van der Waals surface area contributed by atoms with Gasteiger partial charge in [-0.1, -0.05) is 23.7 Å². The molecule has 0 bridgehead atoms. The van der Waals surface area contributed by atoms with Crippen LogP contribution in [0.5, 0.6) is 5.75 Å². The first-order valence-corrected chi connectivity index (χ1v) is 10.2. The van der Waals surface area contributed by atoms with E-state index in [1.807, 2.05) is 53.2 Å². The zero-order chi connectivity index (χ0) is 22.1. The van der Waals surface area contributed by atoms with Crippen molar-refractivity contribution in [1.29, 1.82) is 0 Å². The Kier molecular flexibility index (Phi) is 5.17. The van der Waals surface area contributed by atoms with Crippen molar-refractivity contribution < 1.29 is 13.9 Å². The summed E-state index contributed by atoms with van der Waals surface area (Å²) in [4.78, 5) is 25.9. The number of halogens is 1. The lowest BCUT2D eigenvalue weighted by Crippen LogP contribution is -2.02. The average molecular weight is 445 g/mol. The molecule has 5 rings (SSSR count). The van der Waals surface area contributed by atoms with Gasteiger partial charge in [-0.15, -0.1) is 0 Å². The van der Waals surface area contributed by atoms with Gasteiger partial charge in [-0.3, -0.25) is 4.79 Å². The number of nitrogens with zero attached hydrogens (tertiary/aromatic N) is 4. The Bertz CT molecular complexity index is 1410. The summed E-state index contributed by atoms with van der Waals surface area (Å²) < 4.78 is 12.9. The van der Waals surface area contributed by atoms with Crippen molar-refractivity contribution in [3.8, 4) is 17.5 Å². The van der Waals surface area contributed by atoms with Crippen LogP contribution in [0.25, 0.3) is 22.6 Å². The number of rotatable bonds is 6. The second-order valence-corrected chi connectivity index (χ2v) is 7.56.